The van der Waals surface area contributed by atoms with Crippen LogP contribution in [0, 0.1) is 0 Å². The molecule has 1 N–H and O–H groups in total. The molecule has 100 valence electrons. The summed E-state index contributed by atoms with van der Waals surface area (Å²) < 4.78 is 0. The van der Waals surface area contributed by atoms with Gasteiger partial charge in [0, 0.05) is 24.3 Å². The van der Waals surface area contributed by atoms with Crippen molar-refractivity contribution in [3.05, 3.63) is 18.1 Å². The summed E-state index contributed by atoms with van der Waals surface area (Å²) in [5, 5.41) is 3.25. The molecule has 0 aliphatic carbocycles. The fourth-order valence-electron chi connectivity index (χ4n) is 2.65. The van der Waals surface area contributed by atoms with E-state index in [1.165, 1.54) is 25.7 Å². The highest BCUT2D eigenvalue weighted by atomic mass is 15.2. The number of rotatable bonds is 5. The van der Waals surface area contributed by atoms with Gasteiger partial charge in [0.05, 0.1) is 0 Å². The van der Waals surface area contributed by atoms with Crippen molar-refractivity contribution in [2.45, 2.75) is 45.1 Å². The van der Waals surface area contributed by atoms with E-state index in [0.717, 1.165) is 31.0 Å². The number of anilines is 1. The Hall–Kier alpha value is -1.16. The average molecular weight is 248 g/mol. The molecule has 18 heavy (non-hydrogen) atoms. The zero-order valence-corrected chi connectivity index (χ0v) is 11.5. The molecule has 0 radical (unpaired) electrons. The Balaban J connectivity index is 2.11. The highest BCUT2D eigenvalue weighted by Gasteiger charge is 2.23. The smallest absolute Gasteiger partial charge is 0.132 e. The van der Waals surface area contributed by atoms with Crippen LogP contribution >= 0.6 is 0 Å². The molecular weight excluding hydrogens is 224 g/mol. The number of piperidine rings is 1. The van der Waals surface area contributed by atoms with Gasteiger partial charge < -0.3 is 10.2 Å². The Bertz CT molecular complexity index is 367. The van der Waals surface area contributed by atoms with Crippen molar-refractivity contribution >= 4 is 5.82 Å². The molecule has 2 heterocycles. The lowest BCUT2D eigenvalue weighted by Crippen LogP contribution is -2.41. The minimum atomic E-state index is 0.630. The molecule has 1 aromatic rings. The van der Waals surface area contributed by atoms with Gasteiger partial charge in [-0.25, -0.2) is 9.97 Å². The Morgan fingerprint density at radius 1 is 1.39 bits per heavy atom. The van der Waals surface area contributed by atoms with Crippen LogP contribution in [0.2, 0.25) is 0 Å². The van der Waals surface area contributed by atoms with Gasteiger partial charge in [0.25, 0.3) is 0 Å². The molecule has 1 aromatic heterocycles. The molecule has 1 unspecified atom stereocenters. The van der Waals surface area contributed by atoms with Gasteiger partial charge in [-0.2, -0.15) is 0 Å². The van der Waals surface area contributed by atoms with Crippen LogP contribution in [0.4, 0.5) is 5.82 Å². The Labute approximate surface area is 110 Å². The van der Waals surface area contributed by atoms with Crippen LogP contribution < -0.4 is 10.2 Å². The summed E-state index contributed by atoms with van der Waals surface area (Å²) in [6, 6.07) is 2.78. The van der Waals surface area contributed by atoms with E-state index >= 15 is 0 Å². The number of aryl methyl sites for hydroxylation is 1. The third-order valence-corrected chi connectivity index (χ3v) is 3.72. The third-order valence-electron chi connectivity index (χ3n) is 3.72. The maximum absolute atomic E-state index is 4.46. The van der Waals surface area contributed by atoms with E-state index in [1.54, 1.807) is 6.33 Å². The maximum Gasteiger partial charge on any atom is 0.132 e. The Morgan fingerprint density at radius 2 is 2.28 bits per heavy atom. The first-order chi connectivity index (χ1) is 8.85. The highest BCUT2D eigenvalue weighted by molar-refractivity contribution is 5.40. The van der Waals surface area contributed by atoms with Crippen molar-refractivity contribution in [1.82, 2.24) is 15.3 Å². The van der Waals surface area contributed by atoms with Crippen molar-refractivity contribution < 1.29 is 0 Å². The van der Waals surface area contributed by atoms with Gasteiger partial charge in [-0.05, 0) is 45.7 Å². The molecule has 1 atom stereocenters. The van der Waals surface area contributed by atoms with Crippen molar-refractivity contribution in [2.24, 2.45) is 0 Å². The van der Waals surface area contributed by atoms with E-state index in [0.29, 0.717) is 6.04 Å². The van der Waals surface area contributed by atoms with Crippen LogP contribution in [0.25, 0.3) is 0 Å². The number of hydrogen-bond donors (Lipinski definition) is 1. The first-order valence-electron chi connectivity index (χ1n) is 7.07. The lowest BCUT2D eigenvalue weighted by Gasteiger charge is -2.36. The second-order valence-corrected chi connectivity index (χ2v) is 4.96. The van der Waals surface area contributed by atoms with Gasteiger partial charge in [-0.1, -0.05) is 6.92 Å². The van der Waals surface area contributed by atoms with Crippen molar-refractivity contribution in [3.8, 4) is 0 Å². The van der Waals surface area contributed by atoms with Crippen molar-refractivity contribution in [3.63, 3.8) is 0 Å². The molecule has 1 aliphatic heterocycles. The first kappa shape index (κ1) is 13.3. The van der Waals surface area contributed by atoms with Gasteiger partial charge in [-0.15, -0.1) is 0 Å². The molecule has 0 spiro atoms. The fraction of sp³-hybridized carbons (Fsp3) is 0.714. The van der Waals surface area contributed by atoms with E-state index in [4.69, 9.17) is 0 Å². The molecule has 0 saturated carbocycles. The van der Waals surface area contributed by atoms with Crippen LogP contribution in [0.1, 0.15) is 38.3 Å². The third kappa shape index (κ3) is 3.19. The average Bonchev–Trinajstić information content (AvgIpc) is 2.45. The number of aromatic nitrogens is 2. The van der Waals surface area contributed by atoms with Gasteiger partial charge >= 0.3 is 0 Å². The zero-order chi connectivity index (χ0) is 12.8. The quantitative estimate of drug-likeness (QED) is 0.865. The van der Waals surface area contributed by atoms with E-state index in [-0.39, 0.29) is 0 Å². The molecule has 0 amide bonds. The monoisotopic (exact) mass is 248 g/mol. The summed E-state index contributed by atoms with van der Waals surface area (Å²) in [5.41, 5.74) is 1.14. The molecule has 2 rings (SSSR count). The summed E-state index contributed by atoms with van der Waals surface area (Å²) >= 11 is 0. The van der Waals surface area contributed by atoms with Crippen LogP contribution in [-0.4, -0.2) is 36.1 Å². The predicted molar refractivity (Wildman–Crippen MR) is 74.9 cm³/mol. The predicted octanol–water partition coefficient (Wildman–Crippen LogP) is 2.01. The van der Waals surface area contributed by atoms with Crippen LogP contribution in [0.3, 0.4) is 0 Å². The Morgan fingerprint density at radius 3 is 3.06 bits per heavy atom. The first-order valence-corrected chi connectivity index (χ1v) is 7.07. The molecular formula is C14H24N4. The standard InChI is InChI=1S/C14H24N4/c1-3-12-10-14(17-11-16-12)18-9-5-4-6-13(18)7-8-15-2/h10-11,13,15H,3-9H2,1-2H3. The van der Waals surface area contributed by atoms with Gasteiger partial charge in [0.1, 0.15) is 12.1 Å². The Kier molecular flexibility index (Phi) is 4.93. The molecule has 1 fully saturated rings. The molecule has 4 heteroatoms. The maximum atomic E-state index is 4.46. The second-order valence-electron chi connectivity index (χ2n) is 4.96. The van der Waals surface area contributed by atoms with Crippen molar-refractivity contribution in [2.75, 3.05) is 25.0 Å². The van der Waals surface area contributed by atoms with E-state index in [2.05, 4.69) is 33.2 Å². The summed E-state index contributed by atoms with van der Waals surface area (Å²) in [5.74, 6) is 1.11. The van der Waals surface area contributed by atoms with Gasteiger partial charge in [0.15, 0.2) is 0 Å². The molecule has 4 nitrogen and oxygen atoms in total. The second kappa shape index (κ2) is 6.69. The number of nitrogens with zero attached hydrogens (tertiary/aromatic N) is 3. The normalized spacial score (nSPS) is 20.1. The van der Waals surface area contributed by atoms with Crippen molar-refractivity contribution in [1.29, 1.82) is 0 Å². The van der Waals surface area contributed by atoms with E-state index in [1.807, 2.05) is 7.05 Å². The molecule has 0 aromatic carbocycles. The van der Waals surface area contributed by atoms with E-state index in [9.17, 15) is 0 Å². The molecule has 1 aliphatic rings. The van der Waals surface area contributed by atoms with Crippen LogP contribution in [0.15, 0.2) is 12.4 Å². The SMILES string of the molecule is CCc1cc(N2CCCCC2CCNC)ncn1. The number of hydrogen-bond acceptors (Lipinski definition) is 4. The lowest BCUT2D eigenvalue weighted by atomic mass is 9.99. The van der Waals surface area contributed by atoms with E-state index < -0.39 is 0 Å². The van der Waals surface area contributed by atoms with Crippen LogP contribution in [0.5, 0.6) is 0 Å². The number of nitrogens with one attached hydrogen (secondary N) is 1. The van der Waals surface area contributed by atoms with Gasteiger partial charge in [0.2, 0.25) is 0 Å². The van der Waals surface area contributed by atoms with Crippen LogP contribution in [-0.2, 0) is 6.42 Å². The topological polar surface area (TPSA) is 41.0 Å². The summed E-state index contributed by atoms with van der Waals surface area (Å²) in [6.45, 7) is 4.35. The summed E-state index contributed by atoms with van der Waals surface area (Å²) in [6.07, 6.45) is 7.79. The lowest BCUT2D eigenvalue weighted by molar-refractivity contribution is 0.430. The largest absolute Gasteiger partial charge is 0.353 e. The minimum absolute atomic E-state index is 0.630. The molecule has 0 bridgehead atoms. The molecule has 1 saturated heterocycles. The summed E-state index contributed by atoms with van der Waals surface area (Å²) in [7, 11) is 2.02. The van der Waals surface area contributed by atoms with Gasteiger partial charge in [-0.3, -0.25) is 0 Å². The zero-order valence-electron chi connectivity index (χ0n) is 11.5. The fourth-order valence-corrected chi connectivity index (χ4v) is 2.65. The minimum Gasteiger partial charge on any atom is -0.353 e. The highest BCUT2D eigenvalue weighted by Crippen LogP contribution is 2.24. The summed E-state index contributed by atoms with van der Waals surface area (Å²) in [4.78, 5) is 11.2.